The molecule has 0 spiro atoms. The summed E-state index contributed by atoms with van der Waals surface area (Å²) in [6, 6.07) is 5.73. The highest BCUT2D eigenvalue weighted by Gasteiger charge is 2.62. The van der Waals surface area contributed by atoms with Gasteiger partial charge in [0.05, 0.1) is 5.56 Å². The molecule has 2 nitrogen and oxygen atoms in total. The van der Waals surface area contributed by atoms with Crippen LogP contribution in [0.4, 0.5) is 0 Å². The van der Waals surface area contributed by atoms with Crippen LogP contribution in [0.15, 0.2) is 22.7 Å². The molecule has 0 aliphatic heterocycles. The van der Waals surface area contributed by atoms with Crippen molar-refractivity contribution in [2.24, 2.45) is 16.7 Å². The van der Waals surface area contributed by atoms with Crippen LogP contribution < -0.4 is 4.74 Å². The van der Waals surface area contributed by atoms with Crippen LogP contribution in [0.5, 0.6) is 5.75 Å². The molecular formula is C18H23BrO2. The van der Waals surface area contributed by atoms with Crippen molar-refractivity contribution in [1.29, 1.82) is 0 Å². The van der Waals surface area contributed by atoms with Crippen molar-refractivity contribution < 1.29 is 9.53 Å². The highest BCUT2D eigenvalue weighted by Crippen LogP contribution is 2.66. The molecule has 3 unspecified atom stereocenters. The van der Waals surface area contributed by atoms with E-state index >= 15 is 0 Å². The highest BCUT2D eigenvalue weighted by molar-refractivity contribution is 9.10. The molecule has 3 atom stereocenters. The van der Waals surface area contributed by atoms with Gasteiger partial charge in [0.1, 0.15) is 11.9 Å². The van der Waals surface area contributed by atoms with E-state index in [0.29, 0.717) is 11.0 Å². The third kappa shape index (κ3) is 2.16. The molecule has 2 fully saturated rings. The van der Waals surface area contributed by atoms with Crippen LogP contribution in [-0.4, -0.2) is 11.9 Å². The predicted octanol–water partition coefficient (Wildman–Crippen LogP) is 5.25. The lowest BCUT2D eigenvalue weighted by atomic mass is 9.70. The molecule has 1 aromatic carbocycles. The number of carbonyl (C=O) groups excluding carboxylic acids is 1. The first-order valence-corrected chi connectivity index (χ1v) is 8.52. The zero-order chi connectivity index (χ0) is 15.4. The third-order valence-corrected chi connectivity index (χ3v) is 6.80. The van der Waals surface area contributed by atoms with Gasteiger partial charge in [-0.15, -0.1) is 0 Å². The molecule has 0 radical (unpaired) electrons. The molecule has 1 aromatic rings. The summed E-state index contributed by atoms with van der Waals surface area (Å²) in [6.45, 7) is 8.71. The first-order chi connectivity index (χ1) is 9.75. The van der Waals surface area contributed by atoms with E-state index in [1.807, 2.05) is 18.2 Å². The van der Waals surface area contributed by atoms with E-state index < -0.39 is 0 Å². The van der Waals surface area contributed by atoms with Gasteiger partial charge >= 0.3 is 0 Å². The van der Waals surface area contributed by atoms with Crippen LogP contribution in [-0.2, 0) is 0 Å². The minimum absolute atomic E-state index is 0.0545. The van der Waals surface area contributed by atoms with Crippen LogP contribution in [0.3, 0.4) is 0 Å². The number of benzene rings is 1. The number of hydrogen-bond acceptors (Lipinski definition) is 2. The van der Waals surface area contributed by atoms with Crippen LogP contribution in [0.2, 0.25) is 0 Å². The standard InChI is InChI=1S/C18H23BrO2/c1-11(20)14-10-13(19)5-6-15(14)21-16-9-12-7-8-18(16,4)17(12,2)3/h5-6,10,12,16H,7-9H2,1-4H3. The van der Waals surface area contributed by atoms with Gasteiger partial charge in [-0.25, -0.2) is 0 Å². The quantitative estimate of drug-likeness (QED) is 0.696. The lowest BCUT2D eigenvalue weighted by molar-refractivity contribution is 0.0296. The van der Waals surface area contributed by atoms with Gasteiger partial charge < -0.3 is 4.74 Å². The Bertz CT molecular complexity index is 593. The zero-order valence-electron chi connectivity index (χ0n) is 13.2. The first kappa shape index (κ1) is 15.1. The SMILES string of the molecule is CC(=O)c1cc(Br)ccc1OC1CC2CCC1(C)C2(C)C. The lowest BCUT2D eigenvalue weighted by Gasteiger charge is -2.39. The molecule has 2 aliphatic carbocycles. The Balaban J connectivity index is 1.91. The molecule has 2 saturated carbocycles. The smallest absolute Gasteiger partial charge is 0.163 e. The number of rotatable bonds is 3. The molecule has 0 saturated heterocycles. The van der Waals surface area contributed by atoms with Crippen molar-refractivity contribution >= 4 is 21.7 Å². The number of carbonyl (C=O) groups is 1. The summed E-state index contributed by atoms with van der Waals surface area (Å²) < 4.78 is 7.27. The summed E-state index contributed by atoms with van der Waals surface area (Å²) in [5.74, 6) is 1.53. The molecule has 0 N–H and O–H groups in total. The maximum Gasteiger partial charge on any atom is 0.163 e. The molecule has 114 valence electrons. The van der Waals surface area contributed by atoms with Crippen molar-refractivity contribution in [2.75, 3.05) is 0 Å². The summed E-state index contributed by atoms with van der Waals surface area (Å²) >= 11 is 3.43. The highest BCUT2D eigenvalue weighted by atomic mass is 79.9. The average molecular weight is 351 g/mol. The Labute approximate surface area is 135 Å². The number of ether oxygens (including phenoxy) is 1. The van der Waals surface area contributed by atoms with Crippen molar-refractivity contribution in [3.8, 4) is 5.75 Å². The number of ketones is 1. The molecule has 2 aliphatic rings. The minimum atomic E-state index is 0.0545. The second-order valence-corrected chi connectivity index (χ2v) is 8.33. The van der Waals surface area contributed by atoms with Gasteiger partial charge in [-0.05, 0) is 55.7 Å². The fraction of sp³-hybridized carbons (Fsp3) is 0.611. The Kier molecular flexibility index (Phi) is 3.47. The first-order valence-electron chi connectivity index (χ1n) is 7.73. The van der Waals surface area contributed by atoms with Gasteiger partial charge in [-0.1, -0.05) is 36.7 Å². The molecule has 0 amide bonds. The summed E-state index contributed by atoms with van der Waals surface area (Å²) in [6.07, 6.45) is 3.85. The lowest BCUT2D eigenvalue weighted by Crippen LogP contribution is -2.39. The molecule has 21 heavy (non-hydrogen) atoms. The molecule has 2 bridgehead atoms. The van der Waals surface area contributed by atoms with Crippen LogP contribution in [0, 0.1) is 16.7 Å². The fourth-order valence-electron chi connectivity index (χ4n) is 4.34. The monoisotopic (exact) mass is 350 g/mol. The maximum absolute atomic E-state index is 11.9. The number of fused-ring (bicyclic) bond motifs is 2. The molecule has 0 heterocycles. The Morgan fingerprint density at radius 1 is 1.33 bits per heavy atom. The van der Waals surface area contributed by atoms with E-state index in [-0.39, 0.29) is 17.3 Å². The van der Waals surface area contributed by atoms with Gasteiger partial charge in [-0.2, -0.15) is 0 Å². The van der Waals surface area contributed by atoms with E-state index in [1.54, 1.807) is 6.92 Å². The molecule has 0 aromatic heterocycles. The third-order valence-electron chi connectivity index (χ3n) is 6.30. The second-order valence-electron chi connectivity index (χ2n) is 7.41. The van der Waals surface area contributed by atoms with Gasteiger partial charge in [0.15, 0.2) is 5.78 Å². The Hall–Kier alpha value is -0.830. The fourth-order valence-corrected chi connectivity index (χ4v) is 4.70. The van der Waals surface area contributed by atoms with E-state index in [4.69, 9.17) is 4.74 Å². The second kappa shape index (κ2) is 4.84. The molecule has 3 heteroatoms. The predicted molar refractivity (Wildman–Crippen MR) is 87.8 cm³/mol. The van der Waals surface area contributed by atoms with Gasteiger partial charge in [0.2, 0.25) is 0 Å². The van der Waals surface area contributed by atoms with Gasteiger partial charge in [0.25, 0.3) is 0 Å². The summed E-state index contributed by atoms with van der Waals surface area (Å²) in [5.41, 5.74) is 1.20. The van der Waals surface area contributed by atoms with E-state index in [2.05, 4.69) is 36.7 Å². The minimum Gasteiger partial charge on any atom is -0.489 e. The van der Waals surface area contributed by atoms with Crippen molar-refractivity contribution in [2.45, 2.75) is 53.1 Å². The molecule has 3 rings (SSSR count). The summed E-state index contributed by atoms with van der Waals surface area (Å²) in [4.78, 5) is 11.9. The molecular weight excluding hydrogens is 328 g/mol. The van der Waals surface area contributed by atoms with Crippen LogP contribution in [0.25, 0.3) is 0 Å². The number of Topliss-reactive ketones (excluding diaryl/α,β-unsaturated/α-hetero) is 1. The normalized spacial score (nSPS) is 33.2. The topological polar surface area (TPSA) is 26.3 Å². The Morgan fingerprint density at radius 2 is 2.05 bits per heavy atom. The van der Waals surface area contributed by atoms with Gasteiger partial charge in [0, 0.05) is 9.89 Å². The number of halogens is 1. The van der Waals surface area contributed by atoms with Crippen LogP contribution >= 0.6 is 15.9 Å². The van der Waals surface area contributed by atoms with E-state index in [9.17, 15) is 4.79 Å². The van der Waals surface area contributed by atoms with E-state index in [1.165, 1.54) is 12.8 Å². The summed E-state index contributed by atoms with van der Waals surface area (Å²) in [5, 5.41) is 0. The largest absolute Gasteiger partial charge is 0.489 e. The zero-order valence-corrected chi connectivity index (χ0v) is 14.8. The van der Waals surface area contributed by atoms with Crippen molar-refractivity contribution in [1.82, 2.24) is 0 Å². The number of hydrogen-bond donors (Lipinski definition) is 0. The summed E-state index contributed by atoms with van der Waals surface area (Å²) in [7, 11) is 0. The van der Waals surface area contributed by atoms with Gasteiger partial charge in [-0.3, -0.25) is 4.79 Å². The Morgan fingerprint density at radius 3 is 2.57 bits per heavy atom. The van der Waals surface area contributed by atoms with E-state index in [0.717, 1.165) is 22.6 Å². The van der Waals surface area contributed by atoms with Crippen LogP contribution in [0.1, 0.15) is 57.3 Å². The maximum atomic E-state index is 11.9. The average Bonchev–Trinajstić information content (AvgIpc) is 2.73. The van der Waals surface area contributed by atoms with Crippen molar-refractivity contribution in [3.05, 3.63) is 28.2 Å². The van der Waals surface area contributed by atoms with Crippen molar-refractivity contribution in [3.63, 3.8) is 0 Å².